The first kappa shape index (κ1) is 27.4. The van der Waals surface area contributed by atoms with Crippen molar-refractivity contribution in [1.82, 2.24) is 15.1 Å². The van der Waals surface area contributed by atoms with E-state index in [9.17, 15) is 9.59 Å². The lowest BCUT2D eigenvalue weighted by molar-refractivity contribution is -0.131. The van der Waals surface area contributed by atoms with Crippen LogP contribution in [0.25, 0.3) is 6.08 Å². The van der Waals surface area contributed by atoms with Gasteiger partial charge < -0.3 is 15.1 Å². The molecule has 38 heavy (non-hydrogen) atoms. The second-order valence-electron chi connectivity index (χ2n) is 10.3. The first-order valence-corrected chi connectivity index (χ1v) is 14.9. The van der Waals surface area contributed by atoms with E-state index in [1.54, 1.807) is 11.8 Å². The Bertz CT molecular complexity index is 1200. The minimum atomic E-state index is -0.0547. The number of halogens is 2. The molecule has 0 spiro atoms. The van der Waals surface area contributed by atoms with E-state index in [0.29, 0.717) is 23.2 Å². The Balaban J connectivity index is 1.08. The summed E-state index contributed by atoms with van der Waals surface area (Å²) in [6.07, 6.45) is 4.37. The summed E-state index contributed by atoms with van der Waals surface area (Å²) in [4.78, 5) is 33.5. The molecule has 0 aromatic heterocycles. The Kier molecular flexibility index (Phi) is 8.88. The summed E-state index contributed by atoms with van der Waals surface area (Å²) in [7, 11) is 1.86. The topological polar surface area (TPSA) is 55.9 Å². The smallest absolute Gasteiger partial charge is 0.260 e. The predicted octanol–water partition coefficient (Wildman–Crippen LogP) is 5.02. The molecule has 202 valence electrons. The van der Waals surface area contributed by atoms with Crippen molar-refractivity contribution in [2.45, 2.75) is 30.6 Å². The summed E-state index contributed by atoms with van der Waals surface area (Å²) < 4.78 is 0. The van der Waals surface area contributed by atoms with Crippen LogP contribution in [-0.2, 0) is 9.59 Å². The zero-order valence-electron chi connectivity index (χ0n) is 21.6. The van der Waals surface area contributed by atoms with Crippen LogP contribution in [0.1, 0.15) is 24.8 Å². The number of likely N-dealkylation sites (N-methyl/N-ethyl adjacent to an activating group) is 1. The van der Waals surface area contributed by atoms with E-state index in [0.717, 1.165) is 66.7 Å². The van der Waals surface area contributed by atoms with Gasteiger partial charge in [-0.2, -0.15) is 0 Å². The van der Waals surface area contributed by atoms with Crippen LogP contribution >= 0.6 is 35.0 Å². The number of rotatable bonds is 6. The minimum Gasteiger partial charge on any atom is -0.369 e. The van der Waals surface area contributed by atoms with Crippen LogP contribution < -0.4 is 10.2 Å². The predicted molar refractivity (Wildman–Crippen MR) is 158 cm³/mol. The number of anilines is 1. The molecule has 3 unspecified atom stereocenters. The van der Waals surface area contributed by atoms with Gasteiger partial charge in [0.15, 0.2) is 0 Å². The minimum absolute atomic E-state index is 0.00847. The number of fused-ring (bicyclic) bond motifs is 1. The van der Waals surface area contributed by atoms with Crippen molar-refractivity contribution < 1.29 is 9.59 Å². The number of nitrogens with one attached hydrogen (secondary N) is 1. The van der Waals surface area contributed by atoms with Crippen LogP contribution in [0.15, 0.2) is 53.4 Å². The second-order valence-corrected chi connectivity index (χ2v) is 12.4. The molecule has 3 aliphatic rings. The molecule has 5 rings (SSSR count). The number of carbonyl (C=O) groups is 2. The first-order chi connectivity index (χ1) is 18.4. The maximum atomic E-state index is 13.1. The van der Waals surface area contributed by atoms with Gasteiger partial charge in [-0.25, -0.2) is 0 Å². The molecule has 2 heterocycles. The van der Waals surface area contributed by atoms with E-state index in [4.69, 9.17) is 23.2 Å². The van der Waals surface area contributed by atoms with Gasteiger partial charge in [0.2, 0.25) is 5.91 Å². The molecule has 1 aliphatic carbocycles. The lowest BCUT2D eigenvalue weighted by Crippen LogP contribution is -2.53. The Labute approximate surface area is 239 Å². The van der Waals surface area contributed by atoms with Crippen LogP contribution in [0.3, 0.4) is 0 Å². The fourth-order valence-electron chi connectivity index (χ4n) is 5.65. The molecule has 2 saturated heterocycles. The first-order valence-electron chi connectivity index (χ1n) is 13.3. The Morgan fingerprint density at radius 2 is 1.87 bits per heavy atom. The van der Waals surface area contributed by atoms with Crippen LogP contribution in [-0.4, -0.2) is 79.2 Å². The highest BCUT2D eigenvalue weighted by Gasteiger charge is 2.42. The van der Waals surface area contributed by atoms with Crippen LogP contribution in [0.2, 0.25) is 10.0 Å². The molecule has 3 atom stereocenters. The number of benzene rings is 2. The molecule has 2 aromatic rings. The number of piperazine rings is 1. The van der Waals surface area contributed by atoms with Crippen molar-refractivity contribution in [3.05, 3.63) is 69.0 Å². The van der Waals surface area contributed by atoms with E-state index in [2.05, 4.69) is 21.2 Å². The molecule has 2 amide bonds. The van der Waals surface area contributed by atoms with Gasteiger partial charge in [0, 0.05) is 79.3 Å². The SMILES string of the molecule is CN1C(=O)/C(=C/c2ccccc2Cl)SC2CCC(C(=O)NCCN3CCN(c4cccc(Cl)c4)CC3)CC21. The van der Waals surface area contributed by atoms with Crippen LogP contribution in [0.5, 0.6) is 0 Å². The van der Waals surface area contributed by atoms with Gasteiger partial charge in [-0.1, -0.05) is 47.5 Å². The lowest BCUT2D eigenvalue weighted by atomic mass is 9.83. The average molecular weight is 574 g/mol. The van der Waals surface area contributed by atoms with Gasteiger partial charge >= 0.3 is 0 Å². The molecule has 0 radical (unpaired) electrons. The van der Waals surface area contributed by atoms with Crippen molar-refractivity contribution in [2.75, 3.05) is 51.2 Å². The highest BCUT2D eigenvalue weighted by atomic mass is 35.5. The van der Waals surface area contributed by atoms with Gasteiger partial charge in [-0.3, -0.25) is 14.5 Å². The van der Waals surface area contributed by atoms with Gasteiger partial charge in [0.05, 0.1) is 4.91 Å². The number of hydrogen-bond acceptors (Lipinski definition) is 5. The number of thioether (sulfide) groups is 1. The van der Waals surface area contributed by atoms with E-state index < -0.39 is 0 Å². The summed E-state index contributed by atoms with van der Waals surface area (Å²) in [6, 6.07) is 15.6. The highest BCUT2D eigenvalue weighted by Crippen LogP contribution is 2.43. The van der Waals surface area contributed by atoms with Gasteiger partial charge in [-0.05, 0) is 55.2 Å². The van der Waals surface area contributed by atoms with Crippen molar-refractivity contribution in [1.29, 1.82) is 0 Å². The number of amides is 2. The van der Waals surface area contributed by atoms with E-state index in [1.165, 1.54) is 0 Å². The van der Waals surface area contributed by atoms with Crippen LogP contribution in [0.4, 0.5) is 5.69 Å². The van der Waals surface area contributed by atoms with E-state index in [1.807, 2.05) is 60.5 Å². The van der Waals surface area contributed by atoms with Crippen molar-refractivity contribution in [3.8, 4) is 0 Å². The number of nitrogens with zero attached hydrogens (tertiary/aromatic N) is 3. The van der Waals surface area contributed by atoms with E-state index >= 15 is 0 Å². The highest BCUT2D eigenvalue weighted by molar-refractivity contribution is 8.04. The summed E-state index contributed by atoms with van der Waals surface area (Å²) in [5.74, 6) is 0.0688. The van der Waals surface area contributed by atoms with Crippen molar-refractivity contribution >= 4 is 58.5 Å². The standard InChI is InChI=1S/C29H34Cl2N4O2S/c1-33-25-17-21(9-10-26(25)38-27(29(33)37)18-20-5-2-3-8-24(20)31)28(36)32-11-12-34-13-15-35(16-14-34)23-7-4-6-22(30)19-23/h2-8,18-19,21,25-26H,9-17H2,1H3,(H,32,36)/b27-18-. The maximum absolute atomic E-state index is 13.1. The Morgan fingerprint density at radius 1 is 1.08 bits per heavy atom. The molecular formula is C29H34Cl2N4O2S. The molecular weight excluding hydrogens is 539 g/mol. The Morgan fingerprint density at radius 3 is 2.63 bits per heavy atom. The monoisotopic (exact) mass is 572 g/mol. The quantitative estimate of drug-likeness (QED) is 0.493. The number of hydrogen-bond donors (Lipinski definition) is 1. The molecule has 2 aliphatic heterocycles. The largest absolute Gasteiger partial charge is 0.369 e. The third kappa shape index (κ3) is 6.33. The maximum Gasteiger partial charge on any atom is 0.260 e. The van der Waals surface area contributed by atoms with Crippen molar-refractivity contribution in [2.24, 2.45) is 5.92 Å². The van der Waals surface area contributed by atoms with Gasteiger partial charge in [-0.15, -0.1) is 11.8 Å². The molecule has 9 heteroatoms. The summed E-state index contributed by atoms with van der Waals surface area (Å²) in [5.41, 5.74) is 2.02. The number of carbonyl (C=O) groups excluding carboxylic acids is 2. The molecule has 6 nitrogen and oxygen atoms in total. The Hall–Kier alpha value is -2.19. The average Bonchev–Trinajstić information content (AvgIpc) is 2.93. The molecule has 1 N–H and O–H groups in total. The molecule has 2 aromatic carbocycles. The molecule has 0 bridgehead atoms. The van der Waals surface area contributed by atoms with Gasteiger partial charge in [0.1, 0.15) is 0 Å². The third-order valence-corrected chi connectivity index (χ3v) is 9.88. The summed E-state index contributed by atoms with van der Waals surface area (Å²) in [6.45, 7) is 5.32. The summed E-state index contributed by atoms with van der Waals surface area (Å²) in [5, 5.41) is 4.87. The fraction of sp³-hybridized carbons (Fsp3) is 0.448. The summed E-state index contributed by atoms with van der Waals surface area (Å²) >= 11 is 14.1. The van der Waals surface area contributed by atoms with Crippen molar-refractivity contribution in [3.63, 3.8) is 0 Å². The zero-order chi connectivity index (χ0) is 26.6. The fourth-order valence-corrected chi connectivity index (χ4v) is 7.50. The third-order valence-electron chi connectivity index (χ3n) is 7.90. The molecule has 1 saturated carbocycles. The normalized spacial score (nSPS) is 25.4. The van der Waals surface area contributed by atoms with Crippen LogP contribution in [0, 0.1) is 5.92 Å². The van der Waals surface area contributed by atoms with E-state index in [-0.39, 0.29) is 23.8 Å². The molecule has 3 fully saturated rings. The lowest BCUT2D eigenvalue weighted by Gasteiger charge is -2.44. The second kappa shape index (κ2) is 12.3. The zero-order valence-corrected chi connectivity index (χ0v) is 23.9. The van der Waals surface area contributed by atoms with Gasteiger partial charge in [0.25, 0.3) is 5.91 Å².